The summed E-state index contributed by atoms with van der Waals surface area (Å²) in [6, 6.07) is 7.14. The zero-order chi connectivity index (χ0) is 36.2. The van der Waals surface area contributed by atoms with Crippen molar-refractivity contribution in [3.8, 4) is 11.3 Å². The Morgan fingerprint density at radius 3 is 2.41 bits per heavy atom. The molecule has 274 valence electrons. The fraction of sp³-hybridized carbons (Fsp3) is 0.575. The van der Waals surface area contributed by atoms with Gasteiger partial charge in [-0.15, -0.1) is 10.2 Å². The van der Waals surface area contributed by atoms with Crippen molar-refractivity contribution in [2.45, 2.75) is 123 Å². The van der Waals surface area contributed by atoms with Gasteiger partial charge in [-0.2, -0.15) is 0 Å². The van der Waals surface area contributed by atoms with E-state index in [-0.39, 0.29) is 30.1 Å². The number of carbonyl (C=O) groups is 2. The Bertz CT molecular complexity index is 1670. The van der Waals surface area contributed by atoms with Crippen LogP contribution in [0.15, 0.2) is 55.2 Å². The highest BCUT2D eigenvalue weighted by molar-refractivity contribution is 5.84. The van der Waals surface area contributed by atoms with Crippen LogP contribution in [-0.2, 0) is 22.4 Å². The minimum absolute atomic E-state index is 0.0351. The van der Waals surface area contributed by atoms with Crippen molar-refractivity contribution < 1.29 is 14.7 Å². The van der Waals surface area contributed by atoms with Gasteiger partial charge in [-0.25, -0.2) is 4.98 Å². The SMILES string of the molecule is CCCCNC(=O)[C@@H](C[C@H](O)[C@H](CC1CCCCC1)NC(=O)[C@@H](Cc1cccnc1)c1nnc2c(CCC)nc(-c3cccnc3)cn12)C(C)C. The summed E-state index contributed by atoms with van der Waals surface area (Å²) in [4.78, 5) is 41.6. The maximum absolute atomic E-state index is 14.7. The number of fused-ring (bicyclic) bond motifs is 1. The molecule has 11 heteroatoms. The Morgan fingerprint density at radius 2 is 1.75 bits per heavy atom. The largest absolute Gasteiger partial charge is 0.391 e. The Balaban J connectivity index is 1.50. The molecule has 51 heavy (non-hydrogen) atoms. The van der Waals surface area contributed by atoms with Crippen LogP contribution < -0.4 is 10.6 Å². The molecule has 5 rings (SSSR count). The number of aliphatic hydroxyl groups excluding tert-OH is 1. The number of pyridine rings is 2. The topological polar surface area (TPSA) is 147 Å². The average Bonchev–Trinajstić information content (AvgIpc) is 3.57. The number of aliphatic hydroxyl groups is 1. The van der Waals surface area contributed by atoms with Crippen molar-refractivity contribution in [1.29, 1.82) is 0 Å². The lowest BCUT2D eigenvalue weighted by Gasteiger charge is -2.33. The summed E-state index contributed by atoms with van der Waals surface area (Å²) < 4.78 is 1.91. The second-order valence-electron chi connectivity index (χ2n) is 14.6. The lowest BCUT2D eigenvalue weighted by atomic mass is 9.81. The van der Waals surface area contributed by atoms with Crippen LogP contribution in [0.3, 0.4) is 0 Å². The van der Waals surface area contributed by atoms with E-state index in [1.54, 1.807) is 24.8 Å². The highest BCUT2D eigenvalue weighted by Crippen LogP contribution is 2.31. The van der Waals surface area contributed by atoms with Gasteiger partial charge in [0, 0.05) is 49.0 Å². The molecule has 4 atom stereocenters. The summed E-state index contributed by atoms with van der Waals surface area (Å²) in [6.07, 6.45) is 18.4. The van der Waals surface area contributed by atoms with Crippen molar-refractivity contribution in [2.75, 3.05) is 6.54 Å². The molecule has 0 aromatic carbocycles. The second-order valence-corrected chi connectivity index (χ2v) is 14.6. The van der Waals surface area contributed by atoms with Crippen LogP contribution in [0.2, 0.25) is 0 Å². The van der Waals surface area contributed by atoms with Crippen LogP contribution in [0.25, 0.3) is 16.9 Å². The Hall–Kier alpha value is -4.25. The number of rotatable bonds is 18. The molecule has 2 amide bonds. The third-order valence-electron chi connectivity index (χ3n) is 10.3. The van der Waals surface area contributed by atoms with Crippen molar-refractivity contribution in [3.63, 3.8) is 0 Å². The van der Waals surface area contributed by atoms with E-state index in [9.17, 15) is 14.7 Å². The van der Waals surface area contributed by atoms with Crippen LogP contribution in [0.5, 0.6) is 0 Å². The summed E-state index contributed by atoms with van der Waals surface area (Å²) in [5, 5.41) is 27.5. The van der Waals surface area contributed by atoms with Crippen molar-refractivity contribution in [3.05, 3.63) is 72.3 Å². The summed E-state index contributed by atoms with van der Waals surface area (Å²) >= 11 is 0. The molecule has 4 aromatic heterocycles. The molecule has 0 unspecified atom stereocenters. The zero-order valence-corrected chi connectivity index (χ0v) is 30.8. The smallest absolute Gasteiger partial charge is 0.231 e. The molecule has 1 saturated carbocycles. The fourth-order valence-corrected chi connectivity index (χ4v) is 7.33. The number of hydrogen-bond donors (Lipinski definition) is 3. The van der Waals surface area contributed by atoms with Gasteiger partial charge in [0.15, 0.2) is 5.65 Å². The number of nitrogens with zero attached hydrogens (tertiary/aromatic N) is 6. The van der Waals surface area contributed by atoms with Gasteiger partial charge in [-0.05, 0) is 67.7 Å². The Kier molecular flexibility index (Phi) is 14.0. The molecule has 0 bridgehead atoms. The number of carbonyl (C=O) groups excluding carboxylic acids is 2. The van der Waals surface area contributed by atoms with Crippen molar-refractivity contribution in [1.82, 2.24) is 40.2 Å². The molecule has 0 saturated heterocycles. The zero-order valence-electron chi connectivity index (χ0n) is 30.8. The van der Waals surface area contributed by atoms with E-state index in [0.29, 0.717) is 43.2 Å². The normalized spacial score (nSPS) is 16.1. The first-order chi connectivity index (χ1) is 24.8. The monoisotopic (exact) mass is 696 g/mol. The van der Waals surface area contributed by atoms with Gasteiger partial charge in [-0.3, -0.25) is 24.0 Å². The molecule has 3 N–H and O–H groups in total. The quantitative estimate of drug-likeness (QED) is 0.103. The third-order valence-corrected chi connectivity index (χ3v) is 10.3. The summed E-state index contributed by atoms with van der Waals surface area (Å²) in [7, 11) is 0. The van der Waals surface area contributed by atoms with E-state index in [2.05, 4.69) is 44.6 Å². The van der Waals surface area contributed by atoms with Crippen LogP contribution in [-0.4, -0.2) is 65.2 Å². The van der Waals surface area contributed by atoms with Crippen molar-refractivity contribution >= 4 is 17.5 Å². The van der Waals surface area contributed by atoms with E-state index in [1.807, 2.05) is 48.7 Å². The molecular formula is C40H56N8O3. The maximum Gasteiger partial charge on any atom is 0.231 e. The molecule has 0 spiro atoms. The minimum Gasteiger partial charge on any atom is -0.391 e. The lowest BCUT2D eigenvalue weighted by molar-refractivity contribution is -0.128. The number of aromatic nitrogens is 6. The summed E-state index contributed by atoms with van der Waals surface area (Å²) in [6.45, 7) is 8.86. The Morgan fingerprint density at radius 1 is 0.980 bits per heavy atom. The van der Waals surface area contributed by atoms with Crippen LogP contribution in [0, 0.1) is 17.8 Å². The Labute approximate surface area is 302 Å². The van der Waals surface area contributed by atoms with Gasteiger partial charge in [0.1, 0.15) is 11.7 Å². The number of aryl methyl sites for hydroxylation is 1. The van der Waals surface area contributed by atoms with E-state index < -0.39 is 18.1 Å². The number of unbranched alkanes of at least 4 members (excludes halogenated alkanes) is 1. The summed E-state index contributed by atoms with van der Waals surface area (Å²) in [5.41, 5.74) is 3.90. The highest BCUT2D eigenvalue weighted by atomic mass is 16.3. The molecule has 1 aliphatic carbocycles. The predicted molar refractivity (Wildman–Crippen MR) is 199 cm³/mol. The molecule has 1 aliphatic rings. The first-order valence-electron chi connectivity index (χ1n) is 19.1. The van der Waals surface area contributed by atoms with Gasteiger partial charge in [0.2, 0.25) is 11.8 Å². The standard InChI is InChI=1S/C40H56N8O3/c1-5-7-20-43-39(50)31(27(3)4)23-36(49)34(22-28-14-9-8-10-15-28)45-40(51)32(21-29-16-11-18-41-24-29)37-46-47-38-33(13-6-2)44-35(26-48(37)38)30-17-12-19-42-25-30/h11-12,16-19,24-28,31-32,34,36,49H,5-10,13-15,20-23H2,1-4H3,(H,43,50)(H,45,51)/t31-,32-,34-,36-/m0/s1. The van der Waals surface area contributed by atoms with Gasteiger partial charge in [-0.1, -0.05) is 78.7 Å². The number of nitrogens with one attached hydrogen (secondary N) is 2. The molecule has 0 aliphatic heterocycles. The molecular weight excluding hydrogens is 640 g/mol. The van der Waals surface area contributed by atoms with Crippen molar-refractivity contribution in [2.24, 2.45) is 17.8 Å². The van der Waals surface area contributed by atoms with Gasteiger partial charge in [0.05, 0.1) is 23.5 Å². The predicted octanol–water partition coefficient (Wildman–Crippen LogP) is 6.25. The lowest BCUT2D eigenvalue weighted by Crippen LogP contribution is -2.48. The van der Waals surface area contributed by atoms with Gasteiger partial charge < -0.3 is 15.7 Å². The minimum atomic E-state index is -0.896. The van der Waals surface area contributed by atoms with Crippen LogP contribution in [0.4, 0.5) is 0 Å². The molecule has 11 nitrogen and oxygen atoms in total. The average molecular weight is 697 g/mol. The highest BCUT2D eigenvalue weighted by Gasteiger charge is 2.35. The van der Waals surface area contributed by atoms with Gasteiger partial charge in [0.25, 0.3) is 0 Å². The van der Waals surface area contributed by atoms with Gasteiger partial charge >= 0.3 is 0 Å². The fourth-order valence-electron chi connectivity index (χ4n) is 7.33. The maximum atomic E-state index is 14.7. The molecule has 4 aromatic rings. The van der Waals surface area contributed by atoms with E-state index in [0.717, 1.165) is 67.5 Å². The first kappa shape index (κ1) is 38.0. The molecule has 1 fully saturated rings. The number of amides is 2. The van der Waals surface area contributed by atoms with Crippen LogP contribution >= 0.6 is 0 Å². The third kappa shape index (κ3) is 10.2. The van der Waals surface area contributed by atoms with E-state index in [4.69, 9.17) is 4.98 Å². The van der Waals surface area contributed by atoms with E-state index >= 15 is 0 Å². The first-order valence-corrected chi connectivity index (χ1v) is 19.1. The molecule has 4 heterocycles. The number of hydrogen-bond acceptors (Lipinski definition) is 8. The molecule has 0 radical (unpaired) electrons. The van der Waals surface area contributed by atoms with Crippen LogP contribution in [0.1, 0.15) is 115 Å². The second kappa shape index (κ2) is 18.8. The van der Waals surface area contributed by atoms with E-state index in [1.165, 1.54) is 6.42 Å². The summed E-state index contributed by atoms with van der Waals surface area (Å²) in [5.74, 6) is -0.453.